The van der Waals surface area contributed by atoms with Crippen molar-refractivity contribution >= 4 is 10.3 Å². The number of aromatic nitrogens is 1. The van der Waals surface area contributed by atoms with Crippen molar-refractivity contribution in [2.45, 2.75) is 6.18 Å². The van der Waals surface area contributed by atoms with Crippen LogP contribution in [0, 0.1) is 0 Å². The first-order valence-corrected chi connectivity index (χ1v) is 4.91. The van der Waals surface area contributed by atoms with E-state index in [2.05, 4.69) is 14.3 Å². The Labute approximate surface area is 82.9 Å². The Bertz CT molecular complexity index is 457. The van der Waals surface area contributed by atoms with Crippen molar-refractivity contribution in [1.82, 2.24) is 4.98 Å². The van der Waals surface area contributed by atoms with Gasteiger partial charge in [-0.05, 0) is 6.07 Å². The minimum absolute atomic E-state index is 0.584. The van der Waals surface area contributed by atoms with Gasteiger partial charge >= 0.3 is 16.5 Å². The van der Waals surface area contributed by atoms with E-state index < -0.39 is 27.8 Å². The quantitative estimate of drug-likeness (QED) is 0.826. The molecule has 0 unspecified atom stereocenters. The van der Waals surface area contributed by atoms with Crippen molar-refractivity contribution in [1.29, 1.82) is 0 Å². The van der Waals surface area contributed by atoms with Crippen molar-refractivity contribution in [2.24, 2.45) is 5.14 Å². The molecule has 84 valence electrons. The molecule has 0 saturated carbocycles. The van der Waals surface area contributed by atoms with Crippen LogP contribution in [0.2, 0.25) is 0 Å². The number of hydrogen-bond acceptors (Lipinski definition) is 4. The molecule has 5 nitrogen and oxygen atoms in total. The molecule has 0 aromatic carbocycles. The summed E-state index contributed by atoms with van der Waals surface area (Å²) in [5.41, 5.74) is -1.26. The lowest BCUT2D eigenvalue weighted by molar-refractivity contribution is -0.138. The van der Waals surface area contributed by atoms with E-state index >= 15 is 0 Å². The molecule has 1 rings (SSSR count). The molecule has 0 aliphatic rings. The standard InChI is InChI=1S/C6H5F3N2O3S/c7-6(8,9)4-1-2-11-3-5(4)14-15(10,12)13/h1-3H,(H2,10,12,13). The van der Waals surface area contributed by atoms with Gasteiger partial charge in [0.15, 0.2) is 5.75 Å². The Hall–Kier alpha value is -1.35. The first kappa shape index (κ1) is 11.7. The summed E-state index contributed by atoms with van der Waals surface area (Å²) in [6.45, 7) is 0. The van der Waals surface area contributed by atoms with Crippen LogP contribution in [-0.2, 0) is 16.5 Å². The maximum absolute atomic E-state index is 12.3. The van der Waals surface area contributed by atoms with Gasteiger partial charge in [-0.15, -0.1) is 0 Å². The zero-order chi connectivity index (χ0) is 11.7. The lowest BCUT2D eigenvalue weighted by Gasteiger charge is -2.10. The third kappa shape index (κ3) is 3.36. The molecule has 0 bridgehead atoms. The summed E-state index contributed by atoms with van der Waals surface area (Å²) in [6, 6.07) is 0.584. The maximum atomic E-state index is 12.3. The van der Waals surface area contributed by atoms with Gasteiger partial charge in [0.2, 0.25) is 0 Å². The first-order chi connectivity index (χ1) is 6.70. The Morgan fingerprint density at radius 2 is 2.00 bits per heavy atom. The number of pyridine rings is 1. The van der Waals surface area contributed by atoms with E-state index in [9.17, 15) is 21.6 Å². The fraction of sp³-hybridized carbons (Fsp3) is 0.167. The molecule has 0 aliphatic carbocycles. The van der Waals surface area contributed by atoms with E-state index in [4.69, 9.17) is 0 Å². The number of nitrogens with two attached hydrogens (primary N) is 1. The van der Waals surface area contributed by atoms with Gasteiger partial charge in [-0.3, -0.25) is 4.98 Å². The SMILES string of the molecule is NS(=O)(=O)Oc1cnccc1C(F)(F)F. The summed E-state index contributed by atoms with van der Waals surface area (Å²) < 4.78 is 61.6. The van der Waals surface area contributed by atoms with Crippen LogP contribution < -0.4 is 9.32 Å². The van der Waals surface area contributed by atoms with Crippen LogP contribution in [0.4, 0.5) is 13.2 Å². The third-order valence-electron chi connectivity index (χ3n) is 1.30. The molecular formula is C6H5F3N2O3S. The van der Waals surface area contributed by atoms with Crippen LogP contribution in [0.15, 0.2) is 18.5 Å². The summed E-state index contributed by atoms with van der Waals surface area (Å²) in [6.07, 6.45) is -3.25. The number of halogens is 3. The van der Waals surface area contributed by atoms with Crippen LogP contribution in [0.25, 0.3) is 0 Å². The lowest BCUT2D eigenvalue weighted by Crippen LogP contribution is -2.21. The predicted molar refractivity (Wildman–Crippen MR) is 43.0 cm³/mol. The highest BCUT2D eigenvalue weighted by molar-refractivity contribution is 7.84. The monoisotopic (exact) mass is 242 g/mol. The largest absolute Gasteiger partial charge is 0.420 e. The summed E-state index contributed by atoms with van der Waals surface area (Å²) in [5.74, 6) is -0.951. The molecular weight excluding hydrogens is 237 g/mol. The van der Waals surface area contributed by atoms with Gasteiger partial charge in [0.1, 0.15) is 5.56 Å². The van der Waals surface area contributed by atoms with Crippen LogP contribution >= 0.6 is 0 Å². The zero-order valence-corrected chi connectivity index (χ0v) is 7.84. The van der Waals surface area contributed by atoms with Gasteiger partial charge in [0.05, 0.1) is 6.20 Å². The molecule has 1 aromatic heterocycles. The van der Waals surface area contributed by atoms with Gasteiger partial charge < -0.3 is 4.18 Å². The molecule has 15 heavy (non-hydrogen) atoms. The highest BCUT2D eigenvalue weighted by Gasteiger charge is 2.35. The van der Waals surface area contributed by atoms with Crippen LogP contribution in [0.5, 0.6) is 5.75 Å². The van der Waals surface area contributed by atoms with Crippen molar-refractivity contribution in [3.05, 3.63) is 24.0 Å². The summed E-state index contributed by atoms with van der Waals surface area (Å²) >= 11 is 0. The minimum Gasteiger partial charge on any atom is -0.369 e. The second-order valence-corrected chi connectivity index (χ2v) is 3.60. The molecule has 0 spiro atoms. The Morgan fingerprint density at radius 3 is 2.47 bits per heavy atom. The van der Waals surface area contributed by atoms with Crippen LogP contribution in [0.1, 0.15) is 5.56 Å². The zero-order valence-electron chi connectivity index (χ0n) is 7.02. The first-order valence-electron chi connectivity index (χ1n) is 3.43. The Balaban J connectivity index is 3.19. The summed E-state index contributed by atoms with van der Waals surface area (Å²) in [4.78, 5) is 3.30. The number of rotatable bonds is 2. The maximum Gasteiger partial charge on any atom is 0.420 e. The number of alkyl halides is 3. The van der Waals surface area contributed by atoms with Gasteiger partial charge in [0.25, 0.3) is 0 Å². The molecule has 2 N–H and O–H groups in total. The second-order valence-electron chi connectivity index (χ2n) is 2.45. The molecule has 0 aliphatic heterocycles. The Kier molecular flexibility index (Phi) is 2.86. The normalized spacial score (nSPS) is 12.5. The average molecular weight is 242 g/mol. The fourth-order valence-electron chi connectivity index (χ4n) is 0.806. The molecule has 0 radical (unpaired) electrons. The molecule has 1 heterocycles. The van der Waals surface area contributed by atoms with Gasteiger partial charge in [-0.1, -0.05) is 0 Å². The van der Waals surface area contributed by atoms with Crippen molar-refractivity contribution in [3.63, 3.8) is 0 Å². The molecule has 0 saturated heterocycles. The van der Waals surface area contributed by atoms with E-state index in [1.165, 1.54) is 0 Å². The number of hydrogen-bond donors (Lipinski definition) is 1. The van der Waals surface area contributed by atoms with Crippen LogP contribution in [-0.4, -0.2) is 13.4 Å². The van der Waals surface area contributed by atoms with E-state index in [0.717, 1.165) is 6.20 Å². The smallest absolute Gasteiger partial charge is 0.369 e. The molecule has 1 aromatic rings. The van der Waals surface area contributed by atoms with Gasteiger partial charge in [-0.25, -0.2) is 0 Å². The lowest BCUT2D eigenvalue weighted by atomic mass is 10.2. The third-order valence-corrected chi connectivity index (χ3v) is 1.71. The summed E-state index contributed by atoms with van der Waals surface area (Å²) in [5, 5.41) is 4.43. The average Bonchev–Trinajstić information content (AvgIpc) is 1.99. The van der Waals surface area contributed by atoms with Crippen molar-refractivity contribution in [2.75, 3.05) is 0 Å². The highest BCUT2D eigenvalue weighted by Crippen LogP contribution is 2.35. The van der Waals surface area contributed by atoms with E-state index in [1.54, 1.807) is 0 Å². The molecule has 0 atom stereocenters. The fourth-order valence-corrected chi connectivity index (χ4v) is 1.19. The van der Waals surface area contributed by atoms with Crippen molar-refractivity contribution in [3.8, 4) is 5.75 Å². The van der Waals surface area contributed by atoms with Crippen LogP contribution in [0.3, 0.4) is 0 Å². The van der Waals surface area contributed by atoms with E-state index in [0.29, 0.717) is 12.3 Å². The second kappa shape index (κ2) is 3.66. The summed E-state index contributed by atoms with van der Waals surface area (Å²) in [7, 11) is -4.50. The molecule has 0 fully saturated rings. The van der Waals surface area contributed by atoms with E-state index in [-0.39, 0.29) is 0 Å². The topological polar surface area (TPSA) is 82.3 Å². The highest BCUT2D eigenvalue weighted by atomic mass is 32.2. The Morgan fingerprint density at radius 1 is 1.40 bits per heavy atom. The minimum atomic E-state index is -4.73. The molecule has 9 heteroatoms. The number of nitrogens with zero attached hydrogens (tertiary/aromatic N) is 1. The molecule has 0 amide bonds. The van der Waals surface area contributed by atoms with Gasteiger partial charge in [-0.2, -0.15) is 26.7 Å². The van der Waals surface area contributed by atoms with Crippen molar-refractivity contribution < 1.29 is 25.8 Å². The predicted octanol–water partition coefficient (Wildman–Crippen LogP) is 0.683. The van der Waals surface area contributed by atoms with Gasteiger partial charge in [0, 0.05) is 6.20 Å². The van der Waals surface area contributed by atoms with E-state index in [1.807, 2.05) is 0 Å².